The van der Waals surface area contributed by atoms with Crippen LogP contribution >= 0.6 is 23.2 Å². The number of hydrogen-bond donors (Lipinski definition) is 1. The Bertz CT molecular complexity index is 1190. The molecule has 0 amide bonds. The summed E-state index contributed by atoms with van der Waals surface area (Å²) in [7, 11) is 1.24. The highest BCUT2D eigenvalue weighted by atomic mass is 35.5. The first-order chi connectivity index (χ1) is 16.1. The second kappa shape index (κ2) is 10.7. The molecule has 3 aromatic rings. The van der Waals surface area contributed by atoms with Gasteiger partial charge in [-0.3, -0.25) is 0 Å². The summed E-state index contributed by atoms with van der Waals surface area (Å²) < 4.78 is 49.4. The zero-order valence-electron chi connectivity index (χ0n) is 17.4. The minimum absolute atomic E-state index is 0.0382. The Morgan fingerprint density at radius 3 is 2.18 bits per heavy atom. The summed E-state index contributed by atoms with van der Waals surface area (Å²) in [4.78, 5) is 16.1. The minimum atomic E-state index is -4.47. The molecule has 11 heteroatoms. The highest BCUT2D eigenvalue weighted by molar-refractivity contribution is 6.42. The molecular formula is C23H16Cl2F3NO5. The molecule has 34 heavy (non-hydrogen) atoms. The maximum absolute atomic E-state index is 12.7. The highest BCUT2D eigenvalue weighted by Gasteiger charge is 2.30. The highest BCUT2D eigenvalue weighted by Crippen LogP contribution is 2.40. The van der Waals surface area contributed by atoms with Crippen molar-refractivity contribution < 1.29 is 37.4 Å². The monoisotopic (exact) mass is 513 g/mol. The lowest BCUT2D eigenvalue weighted by atomic mass is 10.0. The molecule has 0 spiro atoms. The molecule has 0 unspecified atom stereocenters. The molecule has 0 aromatic heterocycles. The number of carboxylic acids is 1. The van der Waals surface area contributed by atoms with E-state index < -0.39 is 17.7 Å². The number of oxime groups is 1. The fourth-order valence-corrected chi connectivity index (χ4v) is 3.42. The summed E-state index contributed by atoms with van der Waals surface area (Å²) in [6, 6.07) is 13.5. The quantitative estimate of drug-likeness (QED) is 0.264. The number of hydrogen-bond acceptors (Lipinski definition) is 5. The Morgan fingerprint density at radius 2 is 1.62 bits per heavy atom. The lowest BCUT2D eigenvalue weighted by Crippen LogP contribution is -2.17. The molecule has 0 fully saturated rings. The van der Waals surface area contributed by atoms with Gasteiger partial charge < -0.3 is 19.4 Å². The van der Waals surface area contributed by atoms with Crippen LogP contribution in [0.5, 0.6) is 17.2 Å². The van der Waals surface area contributed by atoms with E-state index in [9.17, 15) is 23.1 Å². The number of carbonyl (C=O) groups is 1. The molecule has 0 atom stereocenters. The Morgan fingerprint density at radius 1 is 1.00 bits per heavy atom. The summed E-state index contributed by atoms with van der Waals surface area (Å²) in [6.45, 7) is -0.0437. The van der Waals surface area contributed by atoms with E-state index in [0.717, 1.165) is 24.3 Å². The molecule has 3 rings (SSSR count). The number of rotatable bonds is 8. The SMILES string of the molecule is CON=C(C(=O)O)c1ccccc1COc1cc(Cl)c(Oc2ccc(C(F)(F)F)cc2)c(Cl)c1. The van der Waals surface area contributed by atoms with Gasteiger partial charge >= 0.3 is 12.1 Å². The normalized spacial score (nSPS) is 11.8. The zero-order chi connectivity index (χ0) is 24.9. The topological polar surface area (TPSA) is 77.4 Å². The molecule has 6 nitrogen and oxygen atoms in total. The van der Waals surface area contributed by atoms with E-state index in [1.165, 1.54) is 19.2 Å². The number of halogens is 5. The van der Waals surface area contributed by atoms with Gasteiger partial charge in [0, 0.05) is 17.7 Å². The van der Waals surface area contributed by atoms with Crippen molar-refractivity contribution in [1.29, 1.82) is 0 Å². The smallest absolute Gasteiger partial charge is 0.416 e. The van der Waals surface area contributed by atoms with Crippen molar-refractivity contribution in [3.05, 3.63) is 87.4 Å². The van der Waals surface area contributed by atoms with Gasteiger partial charge in [0.05, 0.1) is 15.6 Å². The van der Waals surface area contributed by atoms with Crippen molar-refractivity contribution in [1.82, 2.24) is 0 Å². The van der Waals surface area contributed by atoms with Crippen molar-refractivity contribution in [3.63, 3.8) is 0 Å². The number of ether oxygens (including phenoxy) is 2. The fourth-order valence-electron chi connectivity index (χ4n) is 2.88. The molecule has 0 heterocycles. The Hall–Kier alpha value is -3.43. The summed E-state index contributed by atoms with van der Waals surface area (Å²) in [5.41, 5.74) is -0.296. The predicted molar refractivity (Wildman–Crippen MR) is 120 cm³/mol. The molecule has 0 aliphatic carbocycles. The maximum Gasteiger partial charge on any atom is 0.416 e. The maximum atomic E-state index is 12.7. The average Bonchev–Trinajstić information content (AvgIpc) is 2.78. The van der Waals surface area contributed by atoms with Gasteiger partial charge in [-0.2, -0.15) is 13.2 Å². The summed E-state index contributed by atoms with van der Waals surface area (Å²) in [5.74, 6) is -0.871. The number of aliphatic carboxylic acids is 1. The van der Waals surface area contributed by atoms with Crippen LogP contribution in [0, 0.1) is 0 Å². The van der Waals surface area contributed by atoms with Crippen LogP contribution in [0.4, 0.5) is 13.2 Å². The average molecular weight is 514 g/mol. The number of nitrogens with zero attached hydrogens (tertiary/aromatic N) is 1. The molecule has 3 aromatic carbocycles. The number of carboxylic acid groups (broad SMARTS) is 1. The molecule has 0 aliphatic rings. The zero-order valence-corrected chi connectivity index (χ0v) is 18.9. The first-order valence-electron chi connectivity index (χ1n) is 9.50. The Kier molecular flexibility index (Phi) is 7.90. The van der Waals surface area contributed by atoms with Crippen LogP contribution in [0.15, 0.2) is 65.8 Å². The van der Waals surface area contributed by atoms with Crippen LogP contribution in [0.3, 0.4) is 0 Å². The van der Waals surface area contributed by atoms with Gasteiger partial charge in [-0.25, -0.2) is 4.79 Å². The standard InChI is InChI=1S/C23H16Cl2F3NO5/c1-32-29-20(22(30)31)17-5-3-2-4-13(17)12-33-16-10-18(24)21(19(25)11-16)34-15-8-6-14(7-9-15)23(26,27)28/h2-11H,12H2,1H3,(H,30,31). The van der Waals surface area contributed by atoms with Crippen molar-refractivity contribution >= 4 is 34.9 Å². The molecule has 0 saturated carbocycles. The fraction of sp³-hybridized carbons (Fsp3) is 0.130. The van der Waals surface area contributed by atoms with E-state index in [1.54, 1.807) is 24.3 Å². The largest absolute Gasteiger partial charge is 0.489 e. The lowest BCUT2D eigenvalue weighted by Gasteiger charge is -2.14. The van der Waals surface area contributed by atoms with Gasteiger partial charge in [0.1, 0.15) is 25.2 Å². The van der Waals surface area contributed by atoms with E-state index in [0.29, 0.717) is 11.1 Å². The molecule has 0 radical (unpaired) electrons. The molecular weight excluding hydrogens is 498 g/mol. The van der Waals surface area contributed by atoms with Crippen molar-refractivity contribution in [2.24, 2.45) is 5.16 Å². The molecule has 0 aliphatic heterocycles. The van der Waals surface area contributed by atoms with Crippen LogP contribution < -0.4 is 9.47 Å². The third-order valence-electron chi connectivity index (χ3n) is 4.43. The summed E-state index contributed by atoms with van der Waals surface area (Å²) in [5, 5.41) is 13.1. The van der Waals surface area contributed by atoms with Gasteiger partial charge in [-0.1, -0.05) is 52.6 Å². The van der Waals surface area contributed by atoms with Crippen LogP contribution in [-0.2, 0) is 22.4 Å². The number of benzene rings is 3. The summed E-state index contributed by atoms with van der Waals surface area (Å²) in [6.07, 6.45) is -4.47. The van der Waals surface area contributed by atoms with Crippen molar-refractivity contribution in [3.8, 4) is 17.2 Å². The van der Waals surface area contributed by atoms with Gasteiger partial charge in [0.15, 0.2) is 11.5 Å². The van der Waals surface area contributed by atoms with Crippen molar-refractivity contribution in [2.45, 2.75) is 12.8 Å². The van der Waals surface area contributed by atoms with E-state index in [1.807, 2.05) is 0 Å². The van der Waals surface area contributed by atoms with Crippen molar-refractivity contribution in [2.75, 3.05) is 7.11 Å². The Balaban J connectivity index is 1.78. The van der Waals surface area contributed by atoms with Gasteiger partial charge in [0.25, 0.3) is 0 Å². The lowest BCUT2D eigenvalue weighted by molar-refractivity contribution is -0.137. The van der Waals surface area contributed by atoms with Gasteiger partial charge in [0.2, 0.25) is 0 Å². The van der Waals surface area contributed by atoms with E-state index in [-0.39, 0.29) is 39.6 Å². The predicted octanol–water partition coefficient (Wildman–Crippen LogP) is 6.82. The van der Waals surface area contributed by atoms with Crippen LogP contribution in [-0.4, -0.2) is 23.9 Å². The number of alkyl halides is 3. The Labute approximate surface area is 202 Å². The van der Waals surface area contributed by atoms with Gasteiger partial charge in [-0.05, 0) is 29.8 Å². The van der Waals surface area contributed by atoms with E-state index in [4.69, 9.17) is 32.7 Å². The van der Waals surface area contributed by atoms with Crippen LogP contribution in [0.2, 0.25) is 10.0 Å². The van der Waals surface area contributed by atoms with E-state index in [2.05, 4.69) is 9.99 Å². The third-order valence-corrected chi connectivity index (χ3v) is 4.99. The summed E-state index contributed by atoms with van der Waals surface area (Å²) >= 11 is 12.5. The molecule has 1 N–H and O–H groups in total. The van der Waals surface area contributed by atoms with Crippen LogP contribution in [0.25, 0.3) is 0 Å². The first kappa shape index (κ1) is 25.2. The molecule has 0 bridgehead atoms. The molecule has 178 valence electrons. The second-order valence-electron chi connectivity index (χ2n) is 6.71. The third kappa shape index (κ3) is 6.12. The van der Waals surface area contributed by atoms with Crippen LogP contribution in [0.1, 0.15) is 16.7 Å². The first-order valence-corrected chi connectivity index (χ1v) is 10.3. The van der Waals surface area contributed by atoms with Gasteiger partial charge in [-0.15, -0.1) is 0 Å². The second-order valence-corrected chi connectivity index (χ2v) is 7.53. The minimum Gasteiger partial charge on any atom is -0.489 e. The van der Waals surface area contributed by atoms with E-state index >= 15 is 0 Å². The molecule has 0 saturated heterocycles.